The molecule has 0 aliphatic rings. The summed E-state index contributed by atoms with van der Waals surface area (Å²) in [5, 5.41) is 5.66. The summed E-state index contributed by atoms with van der Waals surface area (Å²) in [5.41, 5.74) is 4.56. The van der Waals surface area contributed by atoms with Crippen molar-refractivity contribution in [1.82, 2.24) is 15.3 Å². The second-order valence-corrected chi connectivity index (χ2v) is 9.98. The standard InChI is InChI=1S/C33H31F3N4O3/c1-3-37-32(41)27-14-9-23(17-21(27)2)31-39-29-19-26(18-28(30(29)40-31)38-16-15-33(34,35)36)43-25-12-10-24(11-13-25)42-20-22-7-5-4-6-8-22/h4-14,17-19,38H,3,15-16,20H2,1-2H3,(H,37,41)(H,39,40). The number of hydrogen-bond donors (Lipinski definition) is 3. The second kappa shape index (κ2) is 12.9. The van der Waals surface area contributed by atoms with Gasteiger partial charge in [0.2, 0.25) is 0 Å². The number of carbonyl (C=O) groups excluding carboxylic acids is 1. The minimum absolute atomic E-state index is 0.162. The van der Waals surface area contributed by atoms with E-state index in [2.05, 4.69) is 20.6 Å². The summed E-state index contributed by atoms with van der Waals surface area (Å²) in [5.74, 6) is 1.97. The van der Waals surface area contributed by atoms with E-state index in [1.165, 1.54) is 0 Å². The molecule has 222 valence electrons. The molecule has 0 saturated heterocycles. The molecule has 1 aromatic heterocycles. The number of hydrogen-bond acceptors (Lipinski definition) is 5. The summed E-state index contributed by atoms with van der Waals surface area (Å²) in [6.07, 6.45) is -5.30. The normalized spacial score (nSPS) is 11.4. The van der Waals surface area contributed by atoms with Crippen LogP contribution >= 0.6 is 0 Å². The van der Waals surface area contributed by atoms with Crippen LogP contribution in [0.2, 0.25) is 0 Å². The number of ether oxygens (including phenoxy) is 2. The average molecular weight is 589 g/mol. The molecule has 7 nitrogen and oxygen atoms in total. The van der Waals surface area contributed by atoms with Gasteiger partial charge < -0.3 is 25.1 Å². The Bertz CT molecular complexity index is 1700. The fraction of sp³-hybridized carbons (Fsp3) is 0.212. The number of rotatable bonds is 11. The van der Waals surface area contributed by atoms with Crippen LogP contribution in [-0.2, 0) is 6.61 Å². The van der Waals surface area contributed by atoms with Crippen molar-refractivity contribution in [2.75, 3.05) is 18.4 Å². The molecule has 0 spiro atoms. The number of nitrogens with one attached hydrogen (secondary N) is 3. The van der Waals surface area contributed by atoms with Crippen molar-refractivity contribution in [3.8, 4) is 28.6 Å². The molecular formula is C33H31F3N4O3. The molecule has 0 aliphatic carbocycles. The molecule has 4 aromatic carbocycles. The van der Waals surface area contributed by atoms with E-state index in [1.807, 2.05) is 50.2 Å². The number of halogens is 3. The first-order chi connectivity index (χ1) is 20.7. The molecule has 5 rings (SSSR count). The highest BCUT2D eigenvalue weighted by Gasteiger charge is 2.26. The van der Waals surface area contributed by atoms with E-state index in [1.54, 1.807) is 48.5 Å². The van der Waals surface area contributed by atoms with Crippen molar-refractivity contribution < 1.29 is 27.4 Å². The van der Waals surface area contributed by atoms with Gasteiger partial charge in [-0.3, -0.25) is 4.79 Å². The van der Waals surface area contributed by atoms with Gasteiger partial charge in [-0.05, 0) is 61.4 Å². The molecule has 0 fully saturated rings. The zero-order valence-electron chi connectivity index (χ0n) is 23.7. The summed E-state index contributed by atoms with van der Waals surface area (Å²) in [6, 6.07) is 25.7. The Kier molecular flexibility index (Phi) is 8.85. The summed E-state index contributed by atoms with van der Waals surface area (Å²) in [6.45, 7) is 4.32. The van der Waals surface area contributed by atoms with Crippen LogP contribution in [0, 0.1) is 6.92 Å². The number of H-pyrrole nitrogens is 1. The topological polar surface area (TPSA) is 88.3 Å². The van der Waals surface area contributed by atoms with E-state index in [4.69, 9.17) is 9.47 Å². The zero-order chi connectivity index (χ0) is 30.4. The van der Waals surface area contributed by atoms with Crippen molar-refractivity contribution in [3.05, 3.63) is 102 Å². The molecule has 0 unspecified atom stereocenters. The number of benzene rings is 4. The van der Waals surface area contributed by atoms with E-state index in [9.17, 15) is 18.0 Å². The van der Waals surface area contributed by atoms with E-state index in [0.29, 0.717) is 58.5 Å². The van der Waals surface area contributed by atoms with Crippen molar-refractivity contribution in [3.63, 3.8) is 0 Å². The summed E-state index contributed by atoms with van der Waals surface area (Å²) in [4.78, 5) is 20.3. The van der Waals surface area contributed by atoms with Crippen LogP contribution in [0.15, 0.2) is 84.9 Å². The number of amides is 1. The third-order valence-electron chi connectivity index (χ3n) is 6.67. The fourth-order valence-electron chi connectivity index (χ4n) is 4.56. The quantitative estimate of drug-likeness (QED) is 0.145. The molecule has 43 heavy (non-hydrogen) atoms. The minimum Gasteiger partial charge on any atom is -0.489 e. The van der Waals surface area contributed by atoms with Gasteiger partial charge in [0.05, 0.1) is 17.6 Å². The van der Waals surface area contributed by atoms with Gasteiger partial charge in [-0.25, -0.2) is 4.98 Å². The summed E-state index contributed by atoms with van der Waals surface area (Å²) < 4.78 is 50.6. The van der Waals surface area contributed by atoms with E-state index < -0.39 is 12.6 Å². The lowest BCUT2D eigenvalue weighted by atomic mass is 10.0. The monoisotopic (exact) mass is 588 g/mol. The van der Waals surface area contributed by atoms with Gasteiger partial charge in [0.25, 0.3) is 5.91 Å². The van der Waals surface area contributed by atoms with Crippen molar-refractivity contribution >= 4 is 22.6 Å². The van der Waals surface area contributed by atoms with Gasteiger partial charge in [0.1, 0.15) is 35.2 Å². The first-order valence-corrected chi connectivity index (χ1v) is 13.9. The molecule has 3 N–H and O–H groups in total. The third-order valence-corrected chi connectivity index (χ3v) is 6.67. The number of carbonyl (C=O) groups is 1. The van der Waals surface area contributed by atoms with Crippen molar-refractivity contribution in [2.45, 2.75) is 33.1 Å². The lowest BCUT2D eigenvalue weighted by Crippen LogP contribution is -2.23. The van der Waals surface area contributed by atoms with Crippen LogP contribution in [-0.4, -0.2) is 35.1 Å². The molecule has 0 aliphatic heterocycles. The zero-order valence-corrected chi connectivity index (χ0v) is 23.7. The lowest BCUT2D eigenvalue weighted by Gasteiger charge is -2.12. The van der Waals surface area contributed by atoms with E-state index in [0.717, 1.165) is 16.7 Å². The minimum atomic E-state index is -4.30. The Morgan fingerprint density at radius 1 is 0.930 bits per heavy atom. The van der Waals surface area contributed by atoms with Gasteiger partial charge in [0, 0.05) is 36.3 Å². The second-order valence-electron chi connectivity index (χ2n) is 9.98. The van der Waals surface area contributed by atoms with Crippen LogP contribution in [0.1, 0.15) is 34.8 Å². The van der Waals surface area contributed by atoms with Gasteiger partial charge in [-0.1, -0.05) is 36.4 Å². The summed E-state index contributed by atoms with van der Waals surface area (Å²) in [7, 11) is 0. The first-order valence-electron chi connectivity index (χ1n) is 13.9. The highest BCUT2D eigenvalue weighted by Crippen LogP contribution is 2.34. The molecular weight excluding hydrogens is 557 g/mol. The number of aryl methyl sites for hydroxylation is 1. The van der Waals surface area contributed by atoms with Gasteiger partial charge in [-0.15, -0.1) is 0 Å². The van der Waals surface area contributed by atoms with E-state index in [-0.39, 0.29) is 12.5 Å². The fourth-order valence-corrected chi connectivity index (χ4v) is 4.56. The molecule has 0 atom stereocenters. The predicted molar refractivity (Wildman–Crippen MR) is 161 cm³/mol. The van der Waals surface area contributed by atoms with Crippen molar-refractivity contribution in [2.24, 2.45) is 0 Å². The Balaban J connectivity index is 1.39. The smallest absolute Gasteiger partial charge is 0.390 e. The maximum absolute atomic E-state index is 12.9. The highest BCUT2D eigenvalue weighted by atomic mass is 19.4. The van der Waals surface area contributed by atoms with Crippen LogP contribution in [0.25, 0.3) is 22.4 Å². The number of nitrogens with zero attached hydrogens (tertiary/aromatic N) is 1. The number of aromatic nitrogens is 2. The predicted octanol–water partition coefficient (Wildman–Crippen LogP) is 8.02. The number of fused-ring (bicyclic) bond motifs is 1. The van der Waals surface area contributed by atoms with Gasteiger partial charge in [0.15, 0.2) is 0 Å². The Hall–Kier alpha value is -4.99. The molecule has 0 saturated carbocycles. The largest absolute Gasteiger partial charge is 0.489 e. The Morgan fingerprint density at radius 3 is 2.37 bits per heavy atom. The van der Waals surface area contributed by atoms with Crippen LogP contribution < -0.4 is 20.1 Å². The maximum atomic E-state index is 12.9. The molecule has 0 radical (unpaired) electrons. The molecule has 1 amide bonds. The van der Waals surface area contributed by atoms with Gasteiger partial charge in [-0.2, -0.15) is 13.2 Å². The molecule has 5 aromatic rings. The number of aromatic amines is 1. The molecule has 1 heterocycles. The van der Waals surface area contributed by atoms with Crippen LogP contribution in [0.3, 0.4) is 0 Å². The highest BCUT2D eigenvalue weighted by molar-refractivity contribution is 5.96. The van der Waals surface area contributed by atoms with Crippen molar-refractivity contribution in [1.29, 1.82) is 0 Å². The number of anilines is 1. The SMILES string of the molecule is CCNC(=O)c1ccc(-c2nc3c(NCCC(F)(F)F)cc(Oc4ccc(OCc5ccccc5)cc4)cc3[nH]2)cc1C. The summed E-state index contributed by atoms with van der Waals surface area (Å²) >= 11 is 0. The average Bonchev–Trinajstić information content (AvgIpc) is 3.41. The number of alkyl halides is 3. The van der Waals surface area contributed by atoms with E-state index >= 15 is 0 Å². The Morgan fingerprint density at radius 2 is 1.67 bits per heavy atom. The molecule has 0 bridgehead atoms. The lowest BCUT2D eigenvalue weighted by molar-refractivity contribution is -0.131. The first kappa shape index (κ1) is 29.5. The number of imidazole rings is 1. The maximum Gasteiger partial charge on any atom is 0.390 e. The van der Waals surface area contributed by atoms with Crippen LogP contribution in [0.5, 0.6) is 17.2 Å². The third kappa shape index (κ3) is 7.65. The Labute approximate surface area is 247 Å². The van der Waals surface area contributed by atoms with Crippen LogP contribution in [0.4, 0.5) is 18.9 Å². The molecule has 10 heteroatoms. The van der Waals surface area contributed by atoms with Gasteiger partial charge >= 0.3 is 6.18 Å².